The molecule has 0 aliphatic heterocycles. The lowest BCUT2D eigenvalue weighted by molar-refractivity contribution is -0.118. The molecule has 0 saturated heterocycles. The Labute approximate surface area is 88.6 Å². The average Bonchev–Trinajstić information content (AvgIpc) is 2.31. The van der Waals surface area contributed by atoms with Crippen molar-refractivity contribution in [1.82, 2.24) is 9.78 Å². The molecule has 5 N–H and O–H groups in total. The van der Waals surface area contributed by atoms with Gasteiger partial charge in [-0.05, 0) is 13.8 Å². The van der Waals surface area contributed by atoms with Gasteiger partial charge < -0.3 is 16.8 Å². The lowest BCUT2D eigenvalue weighted by Gasteiger charge is -2.13. The molecule has 0 aromatic carbocycles. The van der Waals surface area contributed by atoms with Crippen molar-refractivity contribution in [2.75, 3.05) is 11.1 Å². The number of primary amides is 1. The summed E-state index contributed by atoms with van der Waals surface area (Å²) in [7, 11) is 1.79. The highest BCUT2D eigenvalue weighted by atomic mass is 16.1. The van der Waals surface area contributed by atoms with Crippen LogP contribution in [0, 0.1) is 6.92 Å². The zero-order valence-electron chi connectivity index (χ0n) is 9.24. The van der Waals surface area contributed by atoms with Crippen LogP contribution in [0.1, 0.15) is 19.0 Å². The van der Waals surface area contributed by atoms with Crippen LogP contribution in [0.5, 0.6) is 0 Å². The first-order chi connectivity index (χ1) is 6.91. The summed E-state index contributed by atoms with van der Waals surface area (Å²) < 4.78 is 1.65. The fraction of sp³-hybridized carbons (Fsp3) is 0.556. The standard InChI is InChI=1S/C9H17N5O/c1-5(4-7(10)15)12-9-8(11)6(2)13-14(9)3/h5,12H,4,11H2,1-3H3,(H2,10,15). The molecule has 0 radical (unpaired) electrons. The molecule has 1 unspecified atom stereocenters. The van der Waals surface area contributed by atoms with Gasteiger partial charge in [-0.1, -0.05) is 0 Å². The molecular weight excluding hydrogens is 194 g/mol. The van der Waals surface area contributed by atoms with Gasteiger partial charge in [0.15, 0.2) is 0 Å². The number of nitrogens with one attached hydrogen (secondary N) is 1. The number of hydrogen-bond acceptors (Lipinski definition) is 4. The van der Waals surface area contributed by atoms with E-state index >= 15 is 0 Å². The van der Waals surface area contributed by atoms with Gasteiger partial charge in [-0.15, -0.1) is 0 Å². The zero-order valence-corrected chi connectivity index (χ0v) is 9.24. The highest BCUT2D eigenvalue weighted by Gasteiger charge is 2.13. The van der Waals surface area contributed by atoms with E-state index in [2.05, 4.69) is 10.4 Å². The number of rotatable bonds is 4. The van der Waals surface area contributed by atoms with Crippen molar-refractivity contribution in [3.8, 4) is 0 Å². The van der Waals surface area contributed by atoms with Gasteiger partial charge in [-0.3, -0.25) is 9.48 Å². The Kier molecular flexibility index (Phi) is 3.18. The van der Waals surface area contributed by atoms with Crippen molar-refractivity contribution in [3.05, 3.63) is 5.69 Å². The molecule has 0 bridgehead atoms. The molecule has 1 atom stereocenters. The fourth-order valence-corrected chi connectivity index (χ4v) is 1.43. The number of nitrogens with two attached hydrogens (primary N) is 2. The number of nitrogens with zero attached hydrogens (tertiary/aromatic N) is 2. The molecular formula is C9H17N5O. The third-order valence-electron chi connectivity index (χ3n) is 2.16. The Hall–Kier alpha value is -1.72. The molecule has 6 heteroatoms. The second-order valence-corrected chi connectivity index (χ2v) is 3.69. The van der Waals surface area contributed by atoms with Gasteiger partial charge in [0.1, 0.15) is 5.82 Å². The van der Waals surface area contributed by atoms with Gasteiger partial charge >= 0.3 is 0 Å². The molecule has 84 valence electrons. The predicted octanol–water partition coefficient (Wildman–Crippen LogP) is -0.0135. The van der Waals surface area contributed by atoms with Gasteiger partial charge in [0.2, 0.25) is 5.91 Å². The van der Waals surface area contributed by atoms with E-state index in [9.17, 15) is 4.79 Å². The van der Waals surface area contributed by atoms with Gasteiger partial charge in [0, 0.05) is 19.5 Å². The minimum absolute atomic E-state index is 0.0559. The quantitative estimate of drug-likeness (QED) is 0.652. The van der Waals surface area contributed by atoms with Gasteiger partial charge in [-0.25, -0.2) is 0 Å². The van der Waals surface area contributed by atoms with E-state index in [-0.39, 0.29) is 18.4 Å². The van der Waals surface area contributed by atoms with Gasteiger partial charge in [0.05, 0.1) is 11.4 Å². The van der Waals surface area contributed by atoms with Gasteiger partial charge in [-0.2, -0.15) is 5.10 Å². The fourth-order valence-electron chi connectivity index (χ4n) is 1.43. The molecule has 1 heterocycles. The monoisotopic (exact) mass is 211 g/mol. The number of carbonyl (C=O) groups excluding carboxylic acids is 1. The van der Waals surface area contributed by atoms with Crippen molar-refractivity contribution >= 4 is 17.4 Å². The maximum absolute atomic E-state index is 10.7. The molecule has 0 aliphatic rings. The molecule has 1 rings (SSSR count). The van der Waals surface area contributed by atoms with Crippen LogP contribution < -0.4 is 16.8 Å². The van der Waals surface area contributed by atoms with E-state index < -0.39 is 0 Å². The molecule has 0 spiro atoms. The first-order valence-electron chi connectivity index (χ1n) is 4.75. The normalized spacial score (nSPS) is 12.5. The second-order valence-electron chi connectivity index (χ2n) is 3.69. The maximum atomic E-state index is 10.7. The highest BCUT2D eigenvalue weighted by molar-refractivity contribution is 5.75. The summed E-state index contributed by atoms with van der Waals surface area (Å²) in [6.07, 6.45) is 0.268. The summed E-state index contributed by atoms with van der Waals surface area (Å²) in [5.74, 6) is 0.383. The SMILES string of the molecule is Cc1nn(C)c(NC(C)CC(N)=O)c1N. The average molecular weight is 211 g/mol. The highest BCUT2D eigenvalue weighted by Crippen LogP contribution is 2.21. The lowest BCUT2D eigenvalue weighted by Crippen LogP contribution is -2.25. The summed E-state index contributed by atoms with van der Waals surface area (Å²) >= 11 is 0. The van der Waals surface area contributed by atoms with Crippen LogP contribution in [0.3, 0.4) is 0 Å². The third kappa shape index (κ3) is 2.61. The second kappa shape index (κ2) is 4.20. The smallest absolute Gasteiger partial charge is 0.219 e. The number of amides is 1. The Morgan fingerprint density at radius 2 is 2.27 bits per heavy atom. The maximum Gasteiger partial charge on any atom is 0.219 e. The minimum Gasteiger partial charge on any atom is -0.394 e. The van der Waals surface area contributed by atoms with Crippen molar-refractivity contribution in [2.45, 2.75) is 26.3 Å². The Morgan fingerprint density at radius 3 is 2.67 bits per heavy atom. The predicted molar refractivity (Wildman–Crippen MR) is 59.3 cm³/mol. The summed E-state index contributed by atoms with van der Waals surface area (Å²) in [5.41, 5.74) is 12.3. The Morgan fingerprint density at radius 1 is 1.67 bits per heavy atom. The van der Waals surface area contributed by atoms with Crippen molar-refractivity contribution < 1.29 is 4.79 Å². The minimum atomic E-state index is -0.340. The van der Waals surface area contributed by atoms with E-state index in [1.807, 2.05) is 13.8 Å². The Bertz CT molecular complexity index is 371. The lowest BCUT2D eigenvalue weighted by atomic mass is 10.2. The number of anilines is 2. The molecule has 1 amide bonds. The third-order valence-corrected chi connectivity index (χ3v) is 2.16. The van der Waals surface area contributed by atoms with Crippen LogP contribution in [0.4, 0.5) is 11.5 Å². The first-order valence-corrected chi connectivity index (χ1v) is 4.75. The molecule has 6 nitrogen and oxygen atoms in total. The van der Waals surface area contributed by atoms with Crippen LogP contribution in [-0.2, 0) is 11.8 Å². The molecule has 15 heavy (non-hydrogen) atoms. The number of nitrogen functional groups attached to an aromatic ring is 1. The topological polar surface area (TPSA) is 99.0 Å². The molecule has 0 aliphatic carbocycles. The van der Waals surface area contributed by atoms with E-state index in [4.69, 9.17) is 11.5 Å². The summed E-state index contributed by atoms with van der Waals surface area (Å²) in [6.45, 7) is 3.70. The van der Waals surface area contributed by atoms with Crippen LogP contribution in [0.15, 0.2) is 0 Å². The van der Waals surface area contributed by atoms with Crippen molar-refractivity contribution in [3.63, 3.8) is 0 Å². The number of carbonyl (C=O) groups is 1. The summed E-state index contributed by atoms with van der Waals surface area (Å²) in [6, 6.07) is -0.0559. The number of aromatic nitrogens is 2. The Balaban J connectivity index is 2.76. The zero-order chi connectivity index (χ0) is 11.6. The van der Waals surface area contributed by atoms with Crippen LogP contribution >= 0.6 is 0 Å². The van der Waals surface area contributed by atoms with Crippen LogP contribution in [-0.4, -0.2) is 21.7 Å². The molecule has 1 aromatic heterocycles. The van der Waals surface area contributed by atoms with Crippen LogP contribution in [0.2, 0.25) is 0 Å². The molecule has 0 saturated carbocycles. The van der Waals surface area contributed by atoms with E-state index in [0.717, 1.165) is 11.5 Å². The number of hydrogen-bond donors (Lipinski definition) is 3. The summed E-state index contributed by atoms with van der Waals surface area (Å²) in [5, 5.41) is 7.26. The first kappa shape index (κ1) is 11.4. The largest absolute Gasteiger partial charge is 0.394 e. The van der Waals surface area contributed by atoms with Crippen LogP contribution in [0.25, 0.3) is 0 Å². The van der Waals surface area contributed by atoms with Gasteiger partial charge in [0.25, 0.3) is 0 Å². The molecule has 1 aromatic rings. The van der Waals surface area contributed by atoms with E-state index in [0.29, 0.717) is 5.69 Å². The van der Waals surface area contributed by atoms with Crippen molar-refractivity contribution in [1.29, 1.82) is 0 Å². The number of aryl methyl sites for hydroxylation is 2. The van der Waals surface area contributed by atoms with E-state index in [1.165, 1.54) is 0 Å². The van der Waals surface area contributed by atoms with Crippen molar-refractivity contribution in [2.24, 2.45) is 12.8 Å². The molecule has 0 fully saturated rings. The van der Waals surface area contributed by atoms with E-state index in [1.54, 1.807) is 11.7 Å². The summed E-state index contributed by atoms with van der Waals surface area (Å²) in [4.78, 5) is 10.7.